The lowest BCUT2D eigenvalue weighted by molar-refractivity contribution is -0.0635. The number of piperidine rings is 1. The molecule has 0 bridgehead atoms. The molecule has 3 heteroatoms. The molecule has 3 nitrogen and oxygen atoms in total. The standard InChI is InChI=1S/C12H16N2O/c1-2-5-11-10(4-1)12(15-9-14-11)6-3-7-13-8-12/h1-2,4-5,13-14H,3,6-9H2. The minimum absolute atomic E-state index is 0.0832. The van der Waals surface area contributed by atoms with Gasteiger partial charge in [0.25, 0.3) is 0 Å². The lowest BCUT2D eigenvalue weighted by atomic mass is 9.84. The van der Waals surface area contributed by atoms with E-state index in [0.717, 1.165) is 19.5 Å². The van der Waals surface area contributed by atoms with Crippen molar-refractivity contribution in [3.63, 3.8) is 0 Å². The van der Waals surface area contributed by atoms with E-state index in [9.17, 15) is 0 Å². The third-order valence-electron chi connectivity index (χ3n) is 3.37. The van der Waals surface area contributed by atoms with E-state index in [1.165, 1.54) is 17.7 Å². The number of ether oxygens (including phenoxy) is 1. The summed E-state index contributed by atoms with van der Waals surface area (Å²) in [5.41, 5.74) is 2.45. The van der Waals surface area contributed by atoms with Crippen molar-refractivity contribution >= 4 is 5.69 Å². The van der Waals surface area contributed by atoms with Crippen LogP contribution in [0.4, 0.5) is 5.69 Å². The quantitative estimate of drug-likeness (QED) is 0.674. The summed E-state index contributed by atoms with van der Waals surface area (Å²) in [6, 6.07) is 8.47. The maximum atomic E-state index is 5.96. The van der Waals surface area contributed by atoms with E-state index in [1.54, 1.807) is 0 Å². The fourth-order valence-corrected chi connectivity index (χ4v) is 2.60. The van der Waals surface area contributed by atoms with E-state index in [0.29, 0.717) is 6.73 Å². The van der Waals surface area contributed by atoms with Crippen LogP contribution in [0.3, 0.4) is 0 Å². The molecule has 15 heavy (non-hydrogen) atoms. The molecule has 1 aromatic rings. The van der Waals surface area contributed by atoms with Gasteiger partial charge in [0.2, 0.25) is 0 Å². The van der Waals surface area contributed by atoms with Crippen LogP contribution in [-0.2, 0) is 10.3 Å². The molecule has 0 amide bonds. The first-order valence-electron chi connectivity index (χ1n) is 5.59. The lowest BCUT2D eigenvalue weighted by Crippen LogP contribution is -2.48. The molecule has 2 N–H and O–H groups in total. The molecule has 2 aliphatic heterocycles. The SMILES string of the molecule is c1ccc2c(c1)NCOC21CCCNC1. The highest BCUT2D eigenvalue weighted by Gasteiger charge is 2.38. The Bertz CT molecular complexity index is 358. The fraction of sp³-hybridized carbons (Fsp3) is 0.500. The molecule has 1 atom stereocenters. The molecule has 80 valence electrons. The summed E-state index contributed by atoms with van der Waals surface area (Å²) in [5.74, 6) is 0. The van der Waals surface area contributed by atoms with E-state index in [-0.39, 0.29) is 5.60 Å². The summed E-state index contributed by atoms with van der Waals surface area (Å²) in [6.45, 7) is 2.67. The molecule has 0 saturated carbocycles. The van der Waals surface area contributed by atoms with Crippen LogP contribution in [0.15, 0.2) is 24.3 Å². The van der Waals surface area contributed by atoms with Crippen molar-refractivity contribution in [2.24, 2.45) is 0 Å². The van der Waals surface area contributed by atoms with Gasteiger partial charge in [-0.2, -0.15) is 0 Å². The summed E-state index contributed by atoms with van der Waals surface area (Å²) in [5, 5.41) is 6.72. The highest BCUT2D eigenvalue weighted by Crippen LogP contribution is 2.39. The van der Waals surface area contributed by atoms with Crippen LogP contribution in [0.25, 0.3) is 0 Å². The molecule has 0 aromatic heterocycles. The van der Waals surface area contributed by atoms with Gasteiger partial charge in [-0.15, -0.1) is 0 Å². The molecule has 1 aromatic carbocycles. The normalized spacial score (nSPS) is 29.6. The average molecular weight is 204 g/mol. The first-order chi connectivity index (χ1) is 7.41. The summed E-state index contributed by atoms with van der Waals surface area (Å²) < 4.78 is 5.96. The number of anilines is 1. The Morgan fingerprint density at radius 1 is 1.27 bits per heavy atom. The number of hydrogen-bond acceptors (Lipinski definition) is 3. The zero-order chi connectivity index (χ0) is 10.1. The summed E-state index contributed by atoms with van der Waals surface area (Å²) in [6.07, 6.45) is 2.31. The molecule has 1 spiro atoms. The number of benzene rings is 1. The molecule has 1 saturated heterocycles. The predicted molar refractivity (Wildman–Crippen MR) is 59.8 cm³/mol. The van der Waals surface area contributed by atoms with Gasteiger partial charge >= 0.3 is 0 Å². The first-order valence-corrected chi connectivity index (χ1v) is 5.59. The minimum Gasteiger partial charge on any atom is -0.362 e. The topological polar surface area (TPSA) is 33.3 Å². The fourth-order valence-electron chi connectivity index (χ4n) is 2.60. The molecular formula is C12H16N2O. The van der Waals surface area contributed by atoms with E-state index in [4.69, 9.17) is 4.74 Å². The Morgan fingerprint density at radius 3 is 3.07 bits per heavy atom. The van der Waals surface area contributed by atoms with Crippen molar-refractivity contribution < 1.29 is 4.74 Å². The third kappa shape index (κ3) is 1.43. The first kappa shape index (κ1) is 9.19. The molecule has 3 rings (SSSR count). The number of hydrogen-bond donors (Lipinski definition) is 2. The van der Waals surface area contributed by atoms with E-state index in [2.05, 4.69) is 34.9 Å². The van der Waals surface area contributed by atoms with Crippen LogP contribution < -0.4 is 10.6 Å². The molecule has 1 fully saturated rings. The van der Waals surface area contributed by atoms with E-state index >= 15 is 0 Å². The van der Waals surface area contributed by atoms with Crippen LogP contribution in [-0.4, -0.2) is 19.8 Å². The smallest absolute Gasteiger partial charge is 0.117 e. The third-order valence-corrected chi connectivity index (χ3v) is 3.37. The van der Waals surface area contributed by atoms with Gasteiger partial charge in [0.1, 0.15) is 12.3 Å². The Balaban J connectivity index is 2.04. The van der Waals surface area contributed by atoms with Crippen molar-refractivity contribution in [3.05, 3.63) is 29.8 Å². The van der Waals surface area contributed by atoms with Gasteiger partial charge < -0.3 is 15.4 Å². The number of nitrogens with one attached hydrogen (secondary N) is 2. The van der Waals surface area contributed by atoms with Crippen molar-refractivity contribution in [2.45, 2.75) is 18.4 Å². The second-order valence-electron chi connectivity index (χ2n) is 4.29. The number of fused-ring (bicyclic) bond motifs is 2. The largest absolute Gasteiger partial charge is 0.362 e. The molecule has 1 unspecified atom stereocenters. The van der Waals surface area contributed by atoms with Crippen LogP contribution >= 0.6 is 0 Å². The van der Waals surface area contributed by atoms with Crippen LogP contribution in [0.1, 0.15) is 18.4 Å². The zero-order valence-corrected chi connectivity index (χ0v) is 8.75. The maximum Gasteiger partial charge on any atom is 0.117 e. The predicted octanol–water partition coefficient (Wildman–Crippen LogP) is 1.66. The molecule has 2 heterocycles. The Hall–Kier alpha value is -1.06. The maximum absolute atomic E-state index is 5.96. The van der Waals surface area contributed by atoms with Crippen molar-refractivity contribution in [1.82, 2.24) is 5.32 Å². The van der Waals surface area contributed by atoms with Crippen LogP contribution in [0.2, 0.25) is 0 Å². The van der Waals surface area contributed by atoms with Gasteiger partial charge in [0.15, 0.2) is 0 Å². The van der Waals surface area contributed by atoms with Gasteiger partial charge in [0, 0.05) is 17.8 Å². The lowest BCUT2D eigenvalue weighted by Gasteiger charge is -2.42. The Labute approximate surface area is 89.8 Å². The number of para-hydroxylation sites is 1. The Kier molecular flexibility index (Phi) is 2.15. The second kappa shape index (κ2) is 3.51. The molecule has 2 aliphatic rings. The minimum atomic E-state index is -0.0832. The number of rotatable bonds is 0. The van der Waals surface area contributed by atoms with Gasteiger partial charge in [0.05, 0.1) is 0 Å². The monoisotopic (exact) mass is 204 g/mol. The van der Waals surface area contributed by atoms with Gasteiger partial charge in [-0.3, -0.25) is 0 Å². The summed E-state index contributed by atoms with van der Waals surface area (Å²) >= 11 is 0. The van der Waals surface area contributed by atoms with Gasteiger partial charge in [-0.1, -0.05) is 18.2 Å². The molecule has 0 aliphatic carbocycles. The molecular weight excluding hydrogens is 188 g/mol. The average Bonchev–Trinajstić information content (AvgIpc) is 2.31. The van der Waals surface area contributed by atoms with Crippen molar-refractivity contribution in [3.8, 4) is 0 Å². The second-order valence-corrected chi connectivity index (χ2v) is 4.29. The van der Waals surface area contributed by atoms with Crippen LogP contribution in [0.5, 0.6) is 0 Å². The van der Waals surface area contributed by atoms with Crippen LogP contribution in [0, 0.1) is 0 Å². The zero-order valence-electron chi connectivity index (χ0n) is 8.75. The summed E-state index contributed by atoms with van der Waals surface area (Å²) in [4.78, 5) is 0. The van der Waals surface area contributed by atoms with E-state index < -0.39 is 0 Å². The van der Waals surface area contributed by atoms with Gasteiger partial charge in [-0.05, 0) is 25.5 Å². The summed E-state index contributed by atoms with van der Waals surface area (Å²) in [7, 11) is 0. The highest BCUT2D eigenvalue weighted by atomic mass is 16.5. The van der Waals surface area contributed by atoms with Crippen molar-refractivity contribution in [1.29, 1.82) is 0 Å². The van der Waals surface area contributed by atoms with E-state index in [1.807, 2.05) is 0 Å². The molecule has 0 radical (unpaired) electrons. The Morgan fingerprint density at radius 2 is 2.20 bits per heavy atom. The van der Waals surface area contributed by atoms with Gasteiger partial charge in [-0.25, -0.2) is 0 Å². The highest BCUT2D eigenvalue weighted by molar-refractivity contribution is 5.55. The van der Waals surface area contributed by atoms with Crippen molar-refractivity contribution in [2.75, 3.05) is 25.1 Å².